The number of anilines is 1. The van der Waals surface area contributed by atoms with Crippen LogP contribution < -0.4 is 11.1 Å². The number of amides is 1. The SMILES string of the molecule is COCC(C)CC(=O)Nc1cc(Cl)ccc1C(N)=S. The van der Waals surface area contributed by atoms with E-state index in [-0.39, 0.29) is 16.8 Å². The summed E-state index contributed by atoms with van der Waals surface area (Å²) >= 11 is 10.8. The number of hydrogen-bond donors (Lipinski definition) is 2. The average molecular weight is 301 g/mol. The molecule has 19 heavy (non-hydrogen) atoms. The van der Waals surface area contributed by atoms with Gasteiger partial charge in [0.2, 0.25) is 5.91 Å². The van der Waals surface area contributed by atoms with Crippen LogP contribution >= 0.6 is 23.8 Å². The van der Waals surface area contributed by atoms with E-state index < -0.39 is 0 Å². The molecule has 0 spiro atoms. The first-order valence-corrected chi connectivity index (χ1v) is 6.60. The summed E-state index contributed by atoms with van der Waals surface area (Å²) in [5, 5.41) is 3.29. The van der Waals surface area contributed by atoms with Crippen LogP contribution in [0.4, 0.5) is 5.69 Å². The van der Waals surface area contributed by atoms with Crippen molar-refractivity contribution in [3.05, 3.63) is 28.8 Å². The third kappa shape index (κ3) is 5.14. The molecule has 0 aliphatic carbocycles. The fourth-order valence-electron chi connectivity index (χ4n) is 1.70. The van der Waals surface area contributed by atoms with Gasteiger partial charge in [0.15, 0.2) is 0 Å². The summed E-state index contributed by atoms with van der Waals surface area (Å²) in [4.78, 5) is 12.1. The van der Waals surface area contributed by atoms with E-state index in [1.54, 1.807) is 25.3 Å². The number of carbonyl (C=O) groups excluding carboxylic acids is 1. The van der Waals surface area contributed by atoms with Crippen LogP contribution in [0.25, 0.3) is 0 Å². The summed E-state index contributed by atoms with van der Waals surface area (Å²) in [5.74, 6) is 0.0155. The Bertz CT molecular complexity index is 480. The Labute approximate surface area is 123 Å². The number of methoxy groups -OCH3 is 1. The highest BCUT2D eigenvalue weighted by Crippen LogP contribution is 2.21. The summed E-state index contributed by atoms with van der Waals surface area (Å²) in [6.45, 7) is 2.47. The minimum atomic E-state index is -0.121. The van der Waals surface area contributed by atoms with Gasteiger partial charge in [0.05, 0.1) is 5.69 Å². The number of ether oxygens (including phenoxy) is 1. The lowest BCUT2D eigenvalue weighted by Crippen LogP contribution is -2.20. The first-order valence-electron chi connectivity index (χ1n) is 5.82. The molecular formula is C13H17ClN2O2S. The number of benzene rings is 1. The molecular weight excluding hydrogens is 284 g/mol. The van der Waals surface area contributed by atoms with Crippen molar-refractivity contribution in [2.45, 2.75) is 13.3 Å². The van der Waals surface area contributed by atoms with Gasteiger partial charge in [-0.1, -0.05) is 30.7 Å². The molecule has 0 saturated carbocycles. The Morgan fingerprint density at radius 3 is 2.84 bits per heavy atom. The van der Waals surface area contributed by atoms with Crippen molar-refractivity contribution >= 4 is 40.4 Å². The van der Waals surface area contributed by atoms with E-state index in [0.29, 0.717) is 29.3 Å². The second kappa shape index (κ2) is 7.43. The van der Waals surface area contributed by atoms with Gasteiger partial charge in [-0.15, -0.1) is 0 Å². The molecule has 0 fully saturated rings. The number of hydrogen-bond acceptors (Lipinski definition) is 3. The van der Waals surface area contributed by atoms with Gasteiger partial charge in [-0.2, -0.15) is 0 Å². The molecule has 0 aliphatic heterocycles. The van der Waals surface area contributed by atoms with E-state index in [9.17, 15) is 4.79 Å². The summed E-state index contributed by atoms with van der Waals surface area (Å²) in [6, 6.07) is 5.01. The number of nitrogens with one attached hydrogen (secondary N) is 1. The van der Waals surface area contributed by atoms with Crippen LogP contribution in [0.15, 0.2) is 18.2 Å². The van der Waals surface area contributed by atoms with Gasteiger partial charge in [0, 0.05) is 30.7 Å². The molecule has 6 heteroatoms. The van der Waals surface area contributed by atoms with Crippen LogP contribution in [0.1, 0.15) is 18.9 Å². The number of halogens is 1. The number of thiocarbonyl (C=S) groups is 1. The summed E-state index contributed by atoms with van der Waals surface area (Å²) in [7, 11) is 1.61. The second-order valence-electron chi connectivity index (χ2n) is 4.37. The minimum absolute atomic E-state index is 0.121. The van der Waals surface area contributed by atoms with E-state index in [2.05, 4.69) is 5.32 Å². The van der Waals surface area contributed by atoms with Crippen LogP contribution in [0.3, 0.4) is 0 Å². The van der Waals surface area contributed by atoms with Gasteiger partial charge < -0.3 is 15.8 Å². The third-order valence-corrected chi connectivity index (χ3v) is 2.96. The molecule has 1 aromatic carbocycles. The molecule has 1 amide bonds. The molecule has 0 heterocycles. The van der Waals surface area contributed by atoms with Crippen LogP contribution in [0, 0.1) is 5.92 Å². The third-order valence-electron chi connectivity index (χ3n) is 2.51. The quantitative estimate of drug-likeness (QED) is 0.793. The van der Waals surface area contributed by atoms with Crippen molar-refractivity contribution in [1.29, 1.82) is 0 Å². The van der Waals surface area contributed by atoms with Gasteiger partial charge in [0.1, 0.15) is 4.99 Å². The Kier molecular flexibility index (Phi) is 6.21. The van der Waals surface area contributed by atoms with E-state index in [1.807, 2.05) is 6.92 Å². The van der Waals surface area contributed by atoms with Crippen molar-refractivity contribution in [1.82, 2.24) is 0 Å². The molecule has 0 saturated heterocycles. The predicted molar refractivity (Wildman–Crippen MR) is 81.6 cm³/mol. The van der Waals surface area contributed by atoms with Gasteiger partial charge in [0.25, 0.3) is 0 Å². The van der Waals surface area contributed by atoms with Crippen molar-refractivity contribution in [3.8, 4) is 0 Å². The topological polar surface area (TPSA) is 64.3 Å². The molecule has 104 valence electrons. The molecule has 1 rings (SSSR count). The molecule has 4 nitrogen and oxygen atoms in total. The molecule has 0 bridgehead atoms. The maximum Gasteiger partial charge on any atom is 0.224 e. The second-order valence-corrected chi connectivity index (χ2v) is 5.24. The molecule has 3 N–H and O–H groups in total. The molecule has 1 unspecified atom stereocenters. The summed E-state index contributed by atoms with van der Waals surface area (Å²) in [6.07, 6.45) is 0.358. The zero-order chi connectivity index (χ0) is 14.4. The predicted octanol–water partition coefficient (Wildman–Crippen LogP) is 2.59. The Morgan fingerprint density at radius 2 is 2.26 bits per heavy atom. The monoisotopic (exact) mass is 300 g/mol. The van der Waals surface area contributed by atoms with Crippen LogP contribution in [-0.4, -0.2) is 24.6 Å². The largest absolute Gasteiger partial charge is 0.389 e. The van der Waals surface area contributed by atoms with E-state index in [1.165, 1.54) is 0 Å². The summed E-state index contributed by atoms with van der Waals surface area (Å²) in [5.41, 5.74) is 6.75. The van der Waals surface area contributed by atoms with Gasteiger partial charge in [-0.05, 0) is 24.1 Å². The fraction of sp³-hybridized carbons (Fsp3) is 0.385. The molecule has 1 aromatic rings. The first kappa shape index (κ1) is 15.9. The molecule has 0 aromatic heterocycles. The summed E-state index contributed by atoms with van der Waals surface area (Å²) < 4.78 is 4.99. The Balaban J connectivity index is 2.78. The molecule has 0 aliphatic rings. The van der Waals surface area contributed by atoms with E-state index in [0.717, 1.165) is 0 Å². The van der Waals surface area contributed by atoms with Gasteiger partial charge >= 0.3 is 0 Å². The highest BCUT2D eigenvalue weighted by Gasteiger charge is 2.12. The standard InChI is InChI=1S/C13H17ClN2O2S/c1-8(7-18-2)5-12(17)16-11-6-9(14)3-4-10(11)13(15)19/h3-4,6,8H,5,7H2,1-2H3,(H2,15,19)(H,16,17). The Morgan fingerprint density at radius 1 is 1.58 bits per heavy atom. The smallest absolute Gasteiger partial charge is 0.224 e. The molecule has 0 radical (unpaired) electrons. The van der Waals surface area contributed by atoms with Crippen LogP contribution in [-0.2, 0) is 9.53 Å². The highest BCUT2D eigenvalue weighted by molar-refractivity contribution is 7.80. The lowest BCUT2D eigenvalue weighted by molar-refractivity contribution is -0.117. The lowest BCUT2D eigenvalue weighted by Gasteiger charge is -2.13. The Hall–Kier alpha value is -1.17. The zero-order valence-corrected chi connectivity index (χ0v) is 12.5. The highest BCUT2D eigenvalue weighted by atomic mass is 35.5. The maximum absolute atomic E-state index is 11.9. The van der Waals surface area contributed by atoms with Gasteiger partial charge in [-0.25, -0.2) is 0 Å². The first-order chi connectivity index (χ1) is 8.93. The maximum atomic E-state index is 11.9. The average Bonchev–Trinajstić information content (AvgIpc) is 2.28. The minimum Gasteiger partial charge on any atom is -0.389 e. The van der Waals surface area contributed by atoms with Crippen molar-refractivity contribution < 1.29 is 9.53 Å². The van der Waals surface area contributed by atoms with Crippen molar-refractivity contribution in [2.24, 2.45) is 11.7 Å². The number of carbonyl (C=O) groups is 1. The normalized spacial score (nSPS) is 11.9. The van der Waals surface area contributed by atoms with Crippen LogP contribution in [0.5, 0.6) is 0 Å². The number of nitrogens with two attached hydrogens (primary N) is 1. The van der Waals surface area contributed by atoms with E-state index in [4.69, 9.17) is 34.3 Å². The number of rotatable bonds is 6. The van der Waals surface area contributed by atoms with Crippen molar-refractivity contribution in [2.75, 3.05) is 19.0 Å². The lowest BCUT2D eigenvalue weighted by atomic mass is 10.1. The van der Waals surface area contributed by atoms with Crippen molar-refractivity contribution in [3.63, 3.8) is 0 Å². The van der Waals surface area contributed by atoms with Crippen LogP contribution in [0.2, 0.25) is 5.02 Å². The molecule has 1 atom stereocenters. The van der Waals surface area contributed by atoms with Gasteiger partial charge in [-0.3, -0.25) is 4.79 Å². The van der Waals surface area contributed by atoms with E-state index >= 15 is 0 Å². The zero-order valence-electron chi connectivity index (χ0n) is 10.9. The fourth-order valence-corrected chi connectivity index (χ4v) is 2.05.